The molecular weight excluding hydrogens is 268 g/mol. The number of rotatable bonds is 2. The average molecular weight is 288 g/mol. The number of nitrogen functional groups attached to an aromatic ring is 1. The van der Waals surface area contributed by atoms with Crippen molar-refractivity contribution in [1.82, 2.24) is 0 Å². The summed E-state index contributed by atoms with van der Waals surface area (Å²) >= 11 is 0. The summed E-state index contributed by atoms with van der Waals surface area (Å²) < 4.78 is 5.28. The molecular formula is C16H20N2O3. The molecule has 1 heterocycles. The maximum atomic E-state index is 12.9. The van der Waals surface area contributed by atoms with E-state index < -0.39 is 5.41 Å². The molecule has 1 aromatic rings. The van der Waals surface area contributed by atoms with Gasteiger partial charge in [0.15, 0.2) is 0 Å². The Morgan fingerprint density at radius 3 is 2.57 bits per heavy atom. The molecule has 1 aromatic carbocycles. The first-order chi connectivity index (χ1) is 10.1. The fraction of sp³-hybridized carbons (Fsp3) is 0.500. The molecule has 3 rings (SSSR count). The van der Waals surface area contributed by atoms with Crippen molar-refractivity contribution < 1.29 is 14.3 Å². The van der Waals surface area contributed by atoms with Gasteiger partial charge in [-0.3, -0.25) is 9.59 Å². The lowest BCUT2D eigenvalue weighted by atomic mass is 9.73. The number of hydrogen-bond acceptors (Lipinski definition) is 4. The van der Waals surface area contributed by atoms with Crippen LogP contribution >= 0.6 is 0 Å². The van der Waals surface area contributed by atoms with E-state index in [2.05, 4.69) is 0 Å². The fourth-order valence-electron chi connectivity index (χ4n) is 3.54. The molecule has 2 N–H and O–H groups in total. The highest BCUT2D eigenvalue weighted by Gasteiger charge is 2.52. The van der Waals surface area contributed by atoms with Gasteiger partial charge >= 0.3 is 0 Å². The van der Waals surface area contributed by atoms with Gasteiger partial charge in [-0.25, -0.2) is 4.90 Å². The molecule has 5 heteroatoms. The van der Waals surface area contributed by atoms with Crippen molar-refractivity contribution in [1.29, 1.82) is 0 Å². The minimum absolute atomic E-state index is 0.0738. The first-order valence-electron chi connectivity index (χ1n) is 7.38. The van der Waals surface area contributed by atoms with Gasteiger partial charge in [0, 0.05) is 18.2 Å². The molecule has 1 saturated carbocycles. The van der Waals surface area contributed by atoms with Crippen molar-refractivity contribution >= 4 is 23.2 Å². The van der Waals surface area contributed by atoms with Crippen molar-refractivity contribution in [3.8, 4) is 5.75 Å². The molecule has 1 saturated heterocycles. The Hall–Kier alpha value is -2.04. The third-order valence-electron chi connectivity index (χ3n) is 4.65. The highest BCUT2D eigenvalue weighted by molar-refractivity contribution is 6.23. The quantitative estimate of drug-likeness (QED) is 0.670. The lowest BCUT2D eigenvalue weighted by molar-refractivity contribution is -0.127. The summed E-state index contributed by atoms with van der Waals surface area (Å²) in [5, 5.41) is 0. The Morgan fingerprint density at radius 2 is 1.90 bits per heavy atom. The molecule has 0 radical (unpaired) electrons. The first kappa shape index (κ1) is 13.9. The summed E-state index contributed by atoms with van der Waals surface area (Å²) in [4.78, 5) is 26.6. The van der Waals surface area contributed by atoms with Crippen molar-refractivity contribution in [2.24, 2.45) is 5.41 Å². The summed E-state index contributed by atoms with van der Waals surface area (Å²) in [6.07, 6.45) is 5.13. The Balaban J connectivity index is 1.99. The van der Waals surface area contributed by atoms with Gasteiger partial charge < -0.3 is 10.5 Å². The van der Waals surface area contributed by atoms with Crippen LogP contribution in [0.25, 0.3) is 0 Å². The number of anilines is 2. The van der Waals surface area contributed by atoms with Crippen LogP contribution in [0.4, 0.5) is 11.4 Å². The minimum Gasteiger partial charge on any atom is -0.494 e. The van der Waals surface area contributed by atoms with Gasteiger partial charge in [-0.05, 0) is 25.0 Å². The van der Waals surface area contributed by atoms with Crippen LogP contribution in [0.3, 0.4) is 0 Å². The van der Waals surface area contributed by atoms with Crippen LogP contribution < -0.4 is 15.4 Å². The molecule has 0 bridgehead atoms. The third kappa shape index (κ3) is 2.17. The van der Waals surface area contributed by atoms with E-state index >= 15 is 0 Å². The molecule has 1 aliphatic heterocycles. The number of carbonyl (C=O) groups excluding carboxylic acids is 2. The molecule has 112 valence electrons. The van der Waals surface area contributed by atoms with Crippen LogP contribution in [0.1, 0.15) is 38.5 Å². The van der Waals surface area contributed by atoms with E-state index in [4.69, 9.17) is 10.5 Å². The number of hydrogen-bond donors (Lipinski definition) is 1. The van der Waals surface area contributed by atoms with Crippen LogP contribution in [0.5, 0.6) is 5.75 Å². The number of imide groups is 1. The Bertz CT molecular complexity index is 591. The van der Waals surface area contributed by atoms with Gasteiger partial charge in [0.05, 0.1) is 18.2 Å². The predicted octanol–water partition coefficient (Wildman–Crippen LogP) is 2.49. The highest BCUT2D eigenvalue weighted by atomic mass is 16.5. The molecule has 21 heavy (non-hydrogen) atoms. The van der Waals surface area contributed by atoms with E-state index in [0.29, 0.717) is 23.5 Å². The summed E-state index contributed by atoms with van der Waals surface area (Å²) in [5.74, 6) is 0.254. The highest BCUT2D eigenvalue weighted by Crippen LogP contribution is 2.48. The van der Waals surface area contributed by atoms with Crippen LogP contribution in [0.2, 0.25) is 0 Å². The smallest absolute Gasteiger partial charge is 0.240 e. The summed E-state index contributed by atoms with van der Waals surface area (Å²) in [6, 6.07) is 5.01. The van der Waals surface area contributed by atoms with Gasteiger partial charge in [-0.2, -0.15) is 0 Å². The van der Waals surface area contributed by atoms with Crippen molar-refractivity contribution in [3.63, 3.8) is 0 Å². The molecule has 1 spiro atoms. The SMILES string of the molecule is COc1cc(N)ccc1N1C(=O)CC2(CCCCC2)C1=O. The average Bonchev–Trinajstić information content (AvgIpc) is 2.71. The topological polar surface area (TPSA) is 72.6 Å². The maximum Gasteiger partial charge on any atom is 0.240 e. The molecule has 0 unspecified atom stereocenters. The van der Waals surface area contributed by atoms with Gasteiger partial charge in [0.25, 0.3) is 0 Å². The zero-order valence-corrected chi connectivity index (χ0v) is 12.2. The molecule has 1 aliphatic carbocycles. The number of amides is 2. The Labute approximate surface area is 124 Å². The van der Waals surface area contributed by atoms with Crippen LogP contribution in [-0.4, -0.2) is 18.9 Å². The zero-order valence-electron chi connectivity index (χ0n) is 12.2. The molecule has 2 amide bonds. The molecule has 2 aliphatic rings. The number of benzene rings is 1. The summed E-state index contributed by atoms with van der Waals surface area (Å²) in [7, 11) is 1.51. The number of ether oxygens (including phenoxy) is 1. The second kappa shape index (κ2) is 5.06. The number of methoxy groups -OCH3 is 1. The van der Waals surface area contributed by atoms with Gasteiger partial charge in [-0.15, -0.1) is 0 Å². The largest absolute Gasteiger partial charge is 0.494 e. The van der Waals surface area contributed by atoms with Crippen molar-refractivity contribution in [2.75, 3.05) is 17.7 Å². The van der Waals surface area contributed by atoms with Gasteiger partial charge in [-0.1, -0.05) is 19.3 Å². The van der Waals surface area contributed by atoms with Crippen LogP contribution in [-0.2, 0) is 9.59 Å². The van der Waals surface area contributed by atoms with E-state index in [-0.39, 0.29) is 11.8 Å². The lowest BCUT2D eigenvalue weighted by Crippen LogP contribution is -2.37. The minimum atomic E-state index is -0.484. The standard InChI is InChI=1S/C16H20N2O3/c1-21-13-9-11(17)5-6-12(13)18-14(19)10-16(15(18)20)7-3-2-4-8-16/h5-6,9H,2-4,7-8,10,17H2,1H3. The number of carbonyl (C=O) groups is 2. The summed E-state index contributed by atoms with van der Waals surface area (Å²) in [6.45, 7) is 0. The van der Waals surface area contributed by atoms with Crippen LogP contribution in [0.15, 0.2) is 18.2 Å². The lowest BCUT2D eigenvalue weighted by Gasteiger charge is -2.30. The van der Waals surface area contributed by atoms with Crippen molar-refractivity contribution in [3.05, 3.63) is 18.2 Å². The second-order valence-electron chi connectivity index (χ2n) is 5.98. The number of nitrogens with zero attached hydrogens (tertiary/aromatic N) is 1. The Morgan fingerprint density at radius 1 is 1.19 bits per heavy atom. The van der Waals surface area contributed by atoms with E-state index in [0.717, 1.165) is 32.1 Å². The fourth-order valence-corrected chi connectivity index (χ4v) is 3.54. The maximum absolute atomic E-state index is 12.9. The molecule has 0 atom stereocenters. The van der Waals surface area contributed by atoms with Crippen molar-refractivity contribution in [2.45, 2.75) is 38.5 Å². The Kier molecular flexibility index (Phi) is 3.35. The monoisotopic (exact) mass is 288 g/mol. The third-order valence-corrected chi connectivity index (χ3v) is 4.65. The molecule has 0 aromatic heterocycles. The van der Waals surface area contributed by atoms with E-state index in [9.17, 15) is 9.59 Å². The van der Waals surface area contributed by atoms with E-state index in [1.165, 1.54) is 12.0 Å². The summed E-state index contributed by atoms with van der Waals surface area (Å²) in [5.41, 5.74) is 6.30. The van der Waals surface area contributed by atoms with E-state index in [1.807, 2.05) is 0 Å². The number of nitrogens with two attached hydrogens (primary N) is 1. The first-order valence-corrected chi connectivity index (χ1v) is 7.38. The van der Waals surface area contributed by atoms with Crippen LogP contribution in [0, 0.1) is 5.41 Å². The van der Waals surface area contributed by atoms with Gasteiger partial charge in [0.1, 0.15) is 5.75 Å². The van der Waals surface area contributed by atoms with Gasteiger partial charge in [0.2, 0.25) is 11.8 Å². The molecule has 2 fully saturated rings. The normalized spacial score (nSPS) is 21.1. The second-order valence-corrected chi connectivity index (χ2v) is 5.98. The zero-order chi connectivity index (χ0) is 15.0. The predicted molar refractivity (Wildman–Crippen MR) is 80.0 cm³/mol. The van der Waals surface area contributed by atoms with E-state index in [1.54, 1.807) is 18.2 Å². The molecule has 5 nitrogen and oxygen atoms in total.